The Morgan fingerprint density at radius 1 is 1.27 bits per heavy atom. The average Bonchev–Trinajstić information content (AvgIpc) is 3.12. The summed E-state index contributed by atoms with van der Waals surface area (Å²) in [5.41, 5.74) is -0.714. The summed E-state index contributed by atoms with van der Waals surface area (Å²) < 4.78 is 23.6. The monoisotopic (exact) mass is 382 g/mol. The summed E-state index contributed by atoms with van der Waals surface area (Å²) in [6, 6.07) is 1.96. The number of aliphatic carboxylic acids is 1. The molecule has 10 heteroatoms. The quantitative estimate of drug-likeness (QED) is 0.613. The van der Waals surface area contributed by atoms with E-state index in [0.29, 0.717) is 0 Å². The van der Waals surface area contributed by atoms with Gasteiger partial charge in [0, 0.05) is 30.5 Å². The standard InChI is InChI=1S/C16H18N2O7S/c1-26(24,25)12-6-10(5-11(7-12)18(22)23)15(19)17-8-9-3-2-4-13(9)14(17)16(20)21/h5-7,9,13-14H,2-4,8H2,1H3,(H,20,21). The van der Waals surface area contributed by atoms with Gasteiger partial charge in [0.2, 0.25) is 0 Å². The molecule has 1 saturated heterocycles. The van der Waals surface area contributed by atoms with Gasteiger partial charge in [-0.25, -0.2) is 13.2 Å². The van der Waals surface area contributed by atoms with Gasteiger partial charge in [0.1, 0.15) is 6.04 Å². The molecule has 0 bridgehead atoms. The Hall–Kier alpha value is -2.49. The van der Waals surface area contributed by atoms with Crippen LogP contribution in [0.3, 0.4) is 0 Å². The van der Waals surface area contributed by atoms with Gasteiger partial charge in [0.25, 0.3) is 11.6 Å². The van der Waals surface area contributed by atoms with Crippen LogP contribution in [0, 0.1) is 22.0 Å². The zero-order valence-electron chi connectivity index (χ0n) is 14.0. The van der Waals surface area contributed by atoms with Crippen molar-refractivity contribution in [3.8, 4) is 0 Å². The number of nitro groups is 1. The number of carboxylic acids is 1. The van der Waals surface area contributed by atoms with Gasteiger partial charge in [-0.1, -0.05) is 6.42 Å². The van der Waals surface area contributed by atoms with Gasteiger partial charge in [0.05, 0.1) is 9.82 Å². The summed E-state index contributed by atoms with van der Waals surface area (Å²) in [5, 5.41) is 20.7. The van der Waals surface area contributed by atoms with Crippen molar-refractivity contribution in [3.05, 3.63) is 33.9 Å². The summed E-state index contributed by atoms with van der Waals surface area (Å²) in [7, 11) is -3.77. The van der Waals surface area contributed by atoms with Gasteiger partial charge >= 0.3 is 5.97 Å². The minimum Gasteiger partial charge on any atom is -0.480 e. The molecule has 1 aromatic carbocycles. The number of carbonyl (C=O) groups is 2. The van der Waals surface area contributed by atoms with Crippen LogP contribution in [0.1, 0.15) is 29.6 Å². The van der Waals surface area contributed by atoms with Crippen LogP contribution >= 0.6 is 0 Å². The van der Waals surface area contributed by atoms with Crippen LogP contribution in [0.4, 0.5) is 5.69 Å². The van der Waals surface area contributed by atoms with E-state index in [1.807, 2.05) is 0 Å². The molecule has 0 aromatic heterocycles. The summed E-state index contributed by atoms with van der Waals surface area (Å²) in [6.07, 6.45) is 3.35. The normalized spacial score (nSPS) is 25.1. The second kappa shape index (κ2) is 6.35. The zero-order valence-corrected chi connectivity index (χ0v) is 14.8. The number of carbonyl (C=O) groups excluding carboxylic acids is 1. The first-order valence-electron chi connectivity index (χ1n) is 8.13. The molecule has 9 nitrogen and oxygen atoms in total. The van der Waals surface area contributed by atoms with Crippen LogP contribution in [0.5, 0.6) is 0 Å². The van der Waals surface area contributed by atoms with E-state index in [2.05, 4.69) is 0 Å². The first kappa shape index (κ1) is 18.3. The van der Waals surface area contributed by atoms with E-state index < -0.39 is 38.4 Å². The molecule has 1 heterocycles. The zero-order chi connectivity index (χ0) is 19.2. The van der Waals surface area contributed by atoms with Crippen molar-refractivity contribution in [2.75, 3.05) is 12.8 Å². The van der Waals surface area contributed by atoms with Crippen LogP contribution in [-0.2, 0) is 14.6 Å². The SMILES string of the molecule is CS(=O)(=O)c1cc(C(=O)N2CC3CCCC3C2C(=O)O)cc([N+](=O)[O-])c1. The Kier molecular flexibility index (Phi) is 4.47. The van der Waals surface area contributed by atoms with Crippen LogP contribution in [-0.4, -0.2) is 54.1 Å². The third-order valence-corrected chi connectivity index (χ3v) is 6.27. The highest BCUT2D eigenvalue weighted by molar-refractivity contribution is 7.90. The number of nitro benzene ring substituents is 1. The van der Waals surface area contributed by atoms with E-state index in [0.717, 1.165) is 43.7 Å². The van der Waals surface area contributed by atoms with Crippen molar-refractivity contribution in [1.29, 1.82) is 0 Å². The van der Waals surface area contributed by atoms with Crippen molar-refractivity contribution in [1.82, 2.24) is 4.90 Å². The number of likely N-dealkylation sites (tertiary alicyclic amines) is 1. The van der Waals surface area contributed by atoms with Crippen LogP contribution in [0.15, 0.2) is 23.1 Å². The fourth-order valence-corrected chi connectivity index (χ4v) is 4.70. The van der Waals surface area contributed by atoms with Crippen molar-refractivity contribution in [2.24, 2.45) is 11.8 Å². The second-order valence-corrected chi connectivity index (χ2v) is 8.86. The Morgan fingerprint density at radius 3 is 2.54 bits per heavy atom. The molecule has 3 atom stereocenters. The van der Waals surface area contributed by atoms with Crippen molar-refractivity contribution >= 4 is 27.4 Å². The van der Waals surface area contributed by atoms with Gasteiger partial charge in [-0.3, -0.25) is 14.9 Å². The number of amides is 1. The topological polar surface area (TPSA) is 135 Å². The molecule has 0 spiro atoms. The maximum absolute atomic E-state index is 12.9. The molecule has 1 aliphatic heterocycles. The lowest BCUT2D eigenvalue weighted by Gasteiger charge is -2.24. The second-order valence-electron chi connectivity index (χ2n) is 6.84. The molecule has 0 radical (unpaired) electrons. The van der Waals surface area contributed by atoms with E-state index in [9.17, 15) is 33.2 Å². The third kappa shape index (κ3) is 3.16. The molecule has 2 fully saturated rings. The molecule has 1 aliphatic carbocycles. The molecular formula is C16H18N2O7S. The smallest absolute Gasteiger partial charge is 0.326 e. The van der Waals surface area contributed by atoms with Gasteiger partial charge in [0.15, 0.2) is 9.84 Å². The Bertz CT molecular complexity index is 896. The minimum atomic E-state index is -3.77. The molecule has 3 rings (SSSR count). The van der Waals surface area contributed by atoms with Crippen molar-refractivity contribution < 1.29 is 28.0 Å². The van der Waals surface area contributed by atoms with Crippen molar-refractivity contribution in [3.63, 3.8) is 0 Å². The Labute approximate surface area is 149 Å². The Morgan fingerprint density at radius 2 is 1.96 bits per heavy atom. The van der Waals surface area contributed by atoms with E-state index in [1.165, 1.54) is 4.90 Å². The fourth-order valence-electron chi connectivity index (χ4n) is 4.02. The molecule has 1 saturated carbocycles. The lowest BCUT2D eigenvalue weighted by atomic mass is 9.94. The lowest BCUT2D eigenvalue weighted by Crippen LogP contribution is -2.43. The summed E-state index contributed by atoms with van der Waals surface area (Å²) in [4.78, 5) is 35.8. The number of hydrogen-bond donors (Lipinski definition) is 1. The average molecular weight is 382 g/mol. The Balaban J connectivity index is 2.03. The van der Waals surface area contributed by atoms with Crippen molar-refractivity contribution in [2.45, 2.75) is 30.2 Å². The number of benzene rings is 1. The molecular weight excluding hydrogens is 364 g/mol. The highest BCUT2D eigenvalue weighted by atomic mass is 32.2. The highest BCUT2D eigenvalue weighted by Gasteiger charge is 2.49. The number of hydrogen-bond acceptors (Lipinski definition) is 6. The van der Waals surface area contributed by atoms with Gasteiger partial charge < -0.3 is 10.0 Å². The molecule has 1 aromatic rings. The number of non-ortho nitro benzene ring substituents is 1. The molecule has 1 amide bonds. The molecule has 2 aliphatic rings. The molecule has 3 unspecified atom stereocenters. The van der Waals surface area contributed by atoms with E-state index >= 15 is 0 Å². The lowest BCUT2D eigenvalue weighted by molar-refractivity contribution is -0.385. The van der Waals surface area contributed by atoms with Crippen LogP contribution in [0.2, 0.25) is 0 Å². The third-order valence-electron chi connectivity index (χ3n) is 5.18. The van der Waals surface area contributed by atoms with Crippen LogP contribution < -0.4 is 0 Å². The molecule has 1 N–H and O–H groups in total. The highest BCUT2D eigenvalue weighted by Crippen LogP contribution is 2.43. The fraction of sp³-hybridized carbons (Fsp3) is 0.500. The molecule has 26 heavy (non-hydrogen) atoms. The van der Waals surface area contributed by atoms with Gasteiger partial charge in [-0.15, -0.1) is 0 Å². The molecule has 140 valence electrons. The largest absolute Gasteiger partial charge is 0.480 e. The first-order chi connectivity index (χ1) is 12.1. The summed E-state index contributed by atoms with van der Waals surface area (Å²) in [5.74, 6) is -1.85. The first-order valence-corrected chi connectivity index (χ1v) is 10.0. The summed E-state index contributed by atoms with van der Waals surface area (Å²) >= 11 is 0. The van der Waals surface area contributed by atoms with Gasteiger partial charge in [-0.05, 0) is 30.7 Å². The predicted octanol–water partition coefficient (Wildman–Crippen LogP) is 1.32. The number of rotatable bonds is 4. The number of nitrogens with zero attached hydrogens (tertiary/aromatic N) is 2. The maximum Gasteiger partial charge on any atom is 0.326 e. The predicted molar refractivity (Wildman–Crippen MR) is 89.5 cm³/mol. The number of carboxylic acid groups (broad SMARTS) is 1. The maximum atomic E-state index is 12.9. The van der Waals surface area contributed by atoms with E-state index in [1.54, 1.807) is 0 Å². The number of fused-ring (bicyclic) bond motifs is 1. The van der Waals surface area contributed by atoms with Gasteiger partial charge in [-0.2, -0.15) is 0 Å². The van der Waals surface area contributed by atoms with E-state index in [4.69, 9.17) is 0 Å². The minimum absolute atomic E-state index is 0.0909. The summed E-state index contributed by atoms with van der Waals surface area (Å²) in [6.45, 7) is 0.261. The van der Waals surface area contributed by atoms with Crippen LogP contribution in [0.25, 0.3) is 0 Å². The number of sulfone groups is 1. The van der Waals surface area contributed by atoms with E-state index in [-0.39, 0.29) is 28.8 Å².